The highest BCUT2D eigenvalue weighted by Crippen LogP contribution is 2.18. The summed E-state index contributed by atoms with van der Waals surface area (Å²) < 4.78 is 18.3. The molecule has 1 saturated heterocycles. The molecule has 0 bridgehead atoms. The van der Waals surface area contributed by atoms with E-state index in [0.29, 0.717) is 24.3 Å². The maximum atomic E-state index is 12.9. The molecule has 1 aromatic heterocycles. The largest absolute Gasteiger partial charge is 0.338 e. The number of aromatic nitrogens is 2. The first-order chi connectivity index (χ1) is 10.7. The molecule has 22 heavy (non-hydrogen) atoms. The molecule has 0 saturated carbocycles. The number of halogens is 1. The van der Waals surface area contributed by atoms with E-state index in [0.717, 1.165) is 25.1 Å². The van der Waals surface area contributed by atoms with Gasteiger partial charge in [-0.2, -0.15) is 4.98 Å². The number of nitrogens with zero attached hydrogens (tertiary/aromatic N) is 3. The van der Waals surface area contributed by atoms with Crippen molar-refractivity contribution in [3.05, 3.63) is 36.0 Å². The van der Waals surface area contributed by atoms with Gasteiger partial charge in [0.25, 0.3) is 0 Å². The summed E-state index contributed by atoms with van der Waals surface area (Å²) in [7, 11) is 2.09. The number of hydrogen-bond acceptors (Lipinski definition) is 5. The summed E-state index contributed by atoms with van der Waals surface area (Å²) in [5, 5.41) is 7.40. The zero-order valence-corrected chi connectivity index (χ0v) is 12.8. The van der Waals surface area contributed by atoms with Crippen LogP contribution in [0.4, 0.5) is 4.39 Å². The van der Waals surface area contributed by atoms with Crippen LogP contribution >= 0.6 is 0 Å². The second-order valence-electron chi connectivity index (χ2n) is 5.77. The summed E-state index contributed by atoms with van der Waals surface area (Å²) in [6.07, 6.45) is 3.51. The topological polar surface area (TPSA) is 54.2 Å². The molecular formula is C16H21FN4O. The molecular weight excluding hydrogens is 283 g/mol. The van der Waals surface area contributed by atoms with E-state index in [2.05, 4.69) is 27.4 Å². The van der Waals surface area contributed by atoms with Crippen LogP contribution in [0.3, 0.4) is 0 Å². The molecule has 118 valence electrons. The minimum atomic E-state index is -0.269. The Hall–Kier alpha value is -1.79. The maximum absolute atomic E-state index is 12.9. The summed E-state index contributed by atoms with van der Waals surface area (Å²) in [6.45, 7) is 2.79. The molecule has 2 aromatic rings. The van der Waals surface area contributed by atoms with E-state index in [1.54, 1.807) is 12.1 Å². The van der Waals surface area contributed by atoms with Crippen LogP contribution in [0.5, 0.6) is 0 Å². The fourth-order valence-electron chi connectivity index (χ4n) is 2.82. The van der Waals surface area contributed by atoms with E-state index in [1.165, 1.54) is 25.0 Å². The second kappa shape index (κ2) is 6.98. The predicted molar refractivity (Wildman–Crippen MR) is 81.7 cm³/mol. The van der Waals surface area contributed by atoms with Gasteiger partial charge in [0, 0.05) is 11.6 Å². The van der Waals surface area contributed by atoms with E-state index in [-0.39, 0.29) is 5.82 Å². The Kier molecular flexibility index (Phi) is 4.80. The molecule has 1 N–H and O–H groups in total. The Balaban J connectivity index is 1.64. The normalized spacial score (nSPS) is 19.3. The fraction of sp³-hybridized carbons (Fsp3) is 0.500. The molecule has 1 aromatic carbocycles. The third kappa shape index (κ3) is 3.69. The monoisotopic (exact) mass is 304 g/mol. The average Bonchev–Trinajstić information content (AvgIpc) is 2.81. The van der Waals surface area contributed by atoms with Gasteiger partial charge in [-0.05, 0) is 63.7 Å². The lowest BCUT2D eigenvalue weighted by atomic mass is 10.1. The molecule has 0 radical (unpaired) electrons. The Labute approximate surface area is 129 Å². The SMILES string of the molecule is CN(Cc1nc(-c2ccc(F)cc2)no1)C1CCCNCC1. The molecule has 0 amide bonds. The Morgan fingerprint density at radius 2 is 2.09 bits per heavy atom. The smallest absolute Gasteiger partial charge is 0.241 e. The van der Waals surface area contributed by atoms with Crippen LogP contribution in [0.2, 0.25) is 0 Å². The van der Waals surface area contributed by atoms with Crippen molar-refractivity contribution in [2.24, 2.45) is 0 Å². The lowest BCUT2D eigenvalue weighted by molar-refractivity contribution is 0.190. The Bertz CT molecular complexity index is 590. The van der Waals surface area contributed by atoms with Gasteiger partial charge in [0.05, 0.1) is 6.54 Å². The van der Waals surface area contributed by atoms with Crippen LogP contribution in [0.15, 0.2) is 28.8 Å². The van der Waals surface area contributed by atoms with Crippen molar-refractivity contribution in [2.45, 2.75) is 31.8 Å². The number of hydrogen-bond donors (Lipinski definition) is 1. The lowest BCUT2D eigenvalue weighted by Gasteiger charge is -2.25. The van der Waals surface area contributed by atoms with Crippen molar-refractivity contribution >= 4 is 0 Å². The van der Waals surface area contributed by atoms with E-state index in [1.807, 2.05) is 0 Å². The van der Waals surface area contributed by atoms with E-state index in [4.69, 9.17) is 4.52 Å². The third-order valence-electron chi connectivity index (χ3n) is 4.12. The minimum absolute atomic E-state index is 0.269. The van der Waals surface area contributed by atoms with Crippen molar-refractivity contribution in [3.8, 4) is 11.4 Å². The first kappa shape index (κ1) is 15.1. The van der Waals surface area contributed by atoms with Gasteiger partial charge < -0.3 is 9.84 Å². The zero-order valence-electron chi connectivity index (χ0n) is 12.8. The maximum Gasteiger partial charge on any atom is 0.241 e. The highest BCUT2D eigenvalue weighted by molar-refractivity contribution is 5.53. The first-order valence-corrected chi connectivity index (χ1v) is 7.72. The lowest BCUT2D eigenvalue weighted by Crippen LogP contribution is -2.32. The molecule has 2 heterocycles. The van der Waals surface area contributed by atoms with Gasteiger partial charge in [-0.1, -0.05) is 5.16 Å². The molecule has 1 aliphatic rings. The molecule has 0 spiro atoms. The zero-order chi connectivity index (χ0) is 15.4. The molecule has 1 aliphatic heterocycles. The Morgan fingerprint density at radius 3 is 2.91 bits per heavy atom. The van der Waals surface area contributed by atoms with Crippen LogP contribution in [0.1, 0.15) is 25.2 Å². The quantitative estimate of drug-likeness (QED) is 0.940. The summed E-state index contributed by atoms with van der Waals surface area (Å²) in [5.41, 5.74) is 0.762. The van der Waals surface area contributed by atoms with Crippen molar-refractivity contribution in [3.63, 3.8) is 0 Å². The van der Waals surface area contributed by atoms with Crippen LogP contribution < -0.4 is 5.32 Å². The number of rotatable bonds is 4. The molecule has 1 atom stereocenters. The van der Waals surface area contributed by atoms with Crippen molar-refractivity contribution < 1.29 is 8.91 Å². The van der Waals surface area contributed by atoms with Crippen LogP contribution in [0.25, 0.3) is 11.4 Å². The van der Waals surface area contributed by atoms with Crippen molar-refractivity contribution in [1.82, 2.24) is 20.4 Å². The summed E-state index contributed by atoms with van der Waals surface area (Å²) in [4.78, 5) is 6.68. The van der Waals surface area contributed by atoms with Gasteiger partial charge in [0.1, 0.15) is 5.82 Å². The number of benzene rings is 1. The average molecular weight is 304 g/mol. The van der Waals surface area contributed by atoms with Gasteiger partial charge in [0.2, 0.25) is 11.7 Å². The first-order valence-electron chi connectivity index (χ1n) is 7.72. The summed E-state index contributed by atoms with van der Waals surface area (Å²) in [6, 6.07) is 6.65. The molecule has 0 aliphatic carbocycles. The van der Waals surface area contributed by atoms with Crippen molar-refractivity contribution in [2.75, 3.05) is 20.1 Å². The third-order valence-corrected chi connectivity index (χ3v) is 4.12. The van der Waals surface area contributed by atoms with Gasteiger partial charge in [-0.25, -0.2) is 4.39 Å². The summed E-state index contributed by atoms with van der Waals surface area (Å²) in [5.74, 6) is 0.833. The number of nitrogens with one attached hydrogen (secondary N) is 1. The fourth-order valence-corrected chi connectivity index (χ4v) is 2.82. The second-order valence-corrected chi connectivity index (χ2v) is 5.77. The molecule has 3 rings (SSSR count). The van der Waals surface area contributed by atoms with Gasteiger partial charge >= 0.3 is 0 Å². The predicted octanol–water partition coefficient (Wildman–Crippen LogP) is 2.45. The Morgan fingerprint density at radius 1 is 1.27 bits per heavy atom. The molecule has 6 heteroatoms. The van der Waals surface area contributed by atoms with Gasteiger partial charge in [-0.3, -0.25) is 4.90 Å². The van der Waals surface area contributed by atoms with Crippen LogP contribution in [-0.4, -0.2) is 41.2 Å². The van der Waals surface area contributed by atoms with Crippen molar-refractivity contribution in [1.29, 1.82) is 0 Å². The molecule has 5 nitrogen and oxygen atoms in total. The highest BCUT2D eigenvalue weighted by Gasteiger charge is 2.19. The van der Waals surface area contributed by atoms with Gasteiger partial charge in [0.15, 0.2) is 0 Å². The van der Waals surface area contributed by atoms with Crippen LogP contribution in [0, 0.1) is 5.82 Å². The van der Waals surface area contributed by atoms with E-state index >= 15 is 0 Å². The summed E-state index contributed by atoms with van der Waals surface area (Å²) >= 11 is 0. The molecule has 1 fully saturated rings. The van der Waals surface area contributed by atoms with E-state index in [9.17, 15) is 4.39 Å². The van der Waals surface area contributed by atoms with Crippen LogP contribution in [-0.2, 0) is 6.54 Å². The standard InChI is InChI=1S/C16H21FN4O/c1-21(14-3-2-9-18-10-8-14)11-15-19-16(20-22-15)12-4-6-13(17)7-5-12/h4-7,14,18H,2-3,8-11H2,1H3. The van der Waals surface area contributed by atoms with Gasteiger partial charge in [-0.15, -0.1) is 0 Å². The highest BCUT2D eigenvalue weighted by atomic mass is 19.1. The van der Waals surface area contributed by atoms with E-state index < -0.39 is 0 Å². The molecule has 1 unspecified atom stereocenters. The minimum Gasteiger partial charge on any atom is -0.338 e.